The van der Waals surface area contributed by atoms with Crippen molar-refractivity contribution in [1.82, 2.24) is 10.2 Å². The van der Waals surface area contributed by atoms with E-state index in [9.17, 15) is 10.1 Å². The summed E-state index contributed by atoms with van der Waals surface area (Å²) < 4.78 is 10.8. The highest BCUT2D eigenvalue weighted by atomic mass is 16.6. The molecule has 0 aliphatic carbocycles. The van der Waals surface area contributed by atoms with Gasteiger partial charge in [-0.05, 0) is 28.8 Å². The van der Waals surface area contributed by atoms with E-state index < -0.39 is 0 Å². The molecule has 2 aliphatic heterocycles. The number of ether oxygens (including phenoxy) is 2. The van der Waals surface area contributed by atoms with Crippen LogP contribution >= 0.6 is 0 Å². The summed E-state index contributed by atoms with van der Waals surface area (Å²) in [7, 11) is 3.25. The highest BCUT2D eigenvalue weighted by Gasteiger charge is 2.35. The summed E-state index contributed by atoms with van der Waals surface area (Å²) in [5, 5.41) is 14.6. The van der Waals surface area contributed by atoms with E-state index in [1.54, 1.807) is 26.4 Å². The van der Waals surface area contributed by atoms with Gasteiger partial charge in [-0.2, -0.15) is 0 Å². The van der Waals surface area contributed by atoms with Gasteiger partial charge in [-0.3, -0.25) is 15.4 Å². The van der Waals surface area contributed by atoms with Gasteiger partial charge in [0.05, 0.1) is 25.3 Å². The van der Waals surface area contributed by atoms with E-state index in [0.29, 0.717) is 18.0 Å². The van der Waals surface area contributed by atoms with Gasteiger partial charge in [0.15, 0.2) is 11.5 Å². The van der Waals surface area contributed by atoms with Gasteiger partial charge >= 0.3 is 0 Å². The fourth-order valence-corrected chi connectivity index (χ4v) is 3.98. The van der Waals surface area contributed by atoms with Crippen LogP contribution in [0.3, 0.4) is 0 Å². The molecule has 0 spiro atoms. The van der Waals surface area contributed by atoms with Crippen LogP contribution in [0.5, 0.6) is 11.5 Å². The molecule has 1 N–H and O–H groups in total. The van der Waals surface area contributed by atoms with Crippen molar-refractivity contribution in [3.05, 3.63) is 82.1 Å². The van der Waals surface area contributed by atoms with Gasteiger partial charge in [-0.1, -0.05) is 30.4 Å². The van der Waals surface area contributed by atoms with Crippen LogP contribution in [0.2, 0.25) is 0 Å². The molecule has 0 saturated carbocycles. The highest BCUT2D eigenvalue weighted by Crippen LogP contribution is 2.40. The average Bonchev–Trinajstić information content (AvgIpc) is 3.12. The molecule has 2 aromatic rings. The molecule has 7 heteroatoms. The second-order valence-electron chi connectivity index (χ2n) is 7.06. The summed E-state index contributed by atoms with van der Waals surface area (Å²) in [5.41, 5.74) is 3.25. The number of nitrogens with one attached hydrogen (secondary N) is 1. The number of non-ortho nitro benzene ring substituents is 1. The van der Waals surface area contributed by atoms with Gasteiger partial charge in [0, 0.05) is 37.3 Å². The zero-order valence-electron chi connectivity index (χ0n) is 16.4. The first-order chi connectivity index (χ1) is 14.1. The summed E-state index contributed by atoms with van der Waals surface area (Å²) in [6.45, 7) is 1.38. The van der Waals surface area contributed by atoms with E-state index in [0.717, 1.165) is 17.7 Å². The molecular formula is C22H23N3O4. The quantitative estimate of drug-likeness (QED) is 0.459. The topological polar surface area (TPSA) is 76.9 Å². The maximum absolute atomic E-state index is 11.1. The number of hydrogen-bond donors (Lipinski definition) is 1. The second-order valence-corrected chi connectivity index (χ2v) is 7.06. The molecule has 2 unspecified atom stereocenters. The lowest BCUT2D eigenvalue weighted by atomic mass is 9.91. The van der Waals surface area contributed by atoms with Crippen LogP contribution in [0.25, 0.3) is 5.57 Å². The minimum Gasteiger partial charge on any atom is -0.493 e. The van der Waals surface area contributed by atoms with Crippen molar-refractivity contribution in [2.24, 2.45) is 5.92 Å². The lowest BCUT2D eigenvalue weighted by Gasteiger charge is -2.32. The van der Waals surface area contributed by atoms with Crippen molar-refractivity contribution in [2.45, 2.75) is 12.7 Å². The van der Waals surface area contributed by atoms with E-state index in [1.165, 1.54) is 11.6 Å². The first-order valence-electron chi connectivity index (χ1n) is 9.44. The van der Waals surface area contributed by atoms with Crippen molar-refractivity contribution in [2.75, 3.05) is 20.8 Å². The predicted molar refractivity (Wildman–Crippen MR) is 111 cm³/mol. The van der Waals surface area contributed by atoms with Crippen LogP contribution in [0.4, 0.5) is 5.69 Å². The monoisotopic (exact) mass is 393 g/mol. The number of hydrogen-bond acceptors (Lipinski definition) is 6. The van der Waals surface area contributed by atoms with Gasteiger partial charge in [-0.25, -0.2) is 0 Å². The van der Waals surface area contributed by atoms with Gasteiger partial charge < -0.3 is 14.4 Å². The fourth-order valence-electron chi connectivity index (χ4n) is 3.98. The summed E-state index contributed by atoms with van der Waals surface area (Å²) in [4.78, 5) is 13.0. The first kappa shape index (κ1) is 19.0. The number of rotatable bonds is 6. The number of benzene rings is 2. The number of nitro groups is 1. The zero-order valence-corrected chi connectivity index (χ0v) is 16.4. The van der Waals surface area contributed by atoms with E-state index in [-0.39, 0.29) is 22.7 Å². The van der Waals surface area contributed by atoms with Crippen LogP contribution in [0.15, 0.2) is 60.8 Å². The number of nitro benzene ring substituents is 1. The molecule has 0 fully saturated rings. The van der Waals surface area contributed by atoms with Gasteiger partial charge in [0.25, 0.3) is 5.69 Å². The Balaban J connectivity index is 1.67. The first-order valence-corrected chi connectivity index (χ1v) is 9.44. The van der Waals surface area contributed by atoms with Crippen LogP contribution in [-0.2, 0) is 6.54 Å². The van der Waals surface area contributed by atoms with Gasteiger partial charge in [0.2, 0.25) is 0 Å². The largest absolute Gasteiger partial charge is 0.493 e. The normalized spacial score (nSPS) is 20.2. The van der Waals surface area contributed by atoms with Gasteiger partial charge in [-0.15, -0.1) is 0 Å². The number of methoxy groups -OCH3 is 2. The molecule has 150 valence electrons. The van der Waals surface area contributed by atoms with Crippen LogP contribution in [0, 0.1) is 16.0 Å². The van der Waals surface area contributed by atoms with Gasteiger partial charge in [0.1, 0.15) is 0 Å². The Labute approximate surface area is 169 Å². The Bertz CT molecular complexity index is 986. The third kappa shape index (κ3) is 3.69. The molecule has 29 heavy (non-hydrogen) atoms. The minimum atomic E-state index is -0.358. The van der Waals surface area contributed by atoms with Crippen LogP contribution < -0.4 is 14.8 Å². The van der Waals surface area contributed by atoms with E-state index in [4.69, 9.17) is 9.47 Å². The molecule has 2 atom stereocenters. The Morgan fingerprint density at radius 2 is 2.00 bits per heavy atom. The van der Waals surface area contributed by atoms with Crippen molar-refractivity contribution in [3.8, 4) is 11.5 Å². The molecule has 7 nitrogen and oxygen atoms in total. The summed E-state index contributed by atoms with van der Waals surface area (Å²) >= 11 is 0. The van der Waals surface area contributed by atoms with Crippen molar-refractivity contribution >= 4 is 11.3 Å². The third-order valence-corrected chi connectivity index (χ3v) is 5.35. The average molecular weight is 393 g/mol. The second kappa shape index (κ2) is 7.97. The van der Waals surface area contributed by atoms with Crippen LogP contribution in [0.1, 0.15) is 11.1 Å². The summed E-state index contributed by atoms with van der Waals surface area (Å²) in [6.07, 6.45) is 6.59. The highest BCUT2D eigenvalue weighted by molar-refractivity contribution is 5.73. The molecular weight excluding hydrogens is 370 g/mol. The predicted octanol–water partition coefficient (Wildman–Crippen LogP) is 3.57. The van der Waals surface area contributed by atoms with Crippen molar-refractivity contribution in [1.29, 1.82) is 0 Å². The zero-order chi connectivity index (χ0) is 20.4. The lowest BCUT2D eigenvalue weighted by Crippen LogP contribution is -2.45. The summed E-state index contributed by atoms with van der Waals surface area (Å²) in [5.74, 6) is 1.56. The molecule has 0 aromatic heterocycles. The SMILES string of the molecule is COc1ccc(C2=CN(Cc3cccc([N+](=O)[O-])c3)C3NCC=CC23)cc1OC. The Kier molecular flexibility index (Phi) is 5.22. The Morgan fingerprint density at radius 3 is 2.76 bits per heavy atom. The molecule has 0 saturated heterocycles. The summed E-state index contributed by atoms with van der Waals surface area (Å²) in [6, 6.07) is 12.7. The van der Waals surface area contributed by atoms with Crippen molar-refractivity contribution < 1.29 is 14.4 Å². The molecule has 2 aliphatic rings. The van der Waals surface area contributed by atoms with Crippen molar-refractivity contribution in [3.63, 3.8) is 0 Å². The fraction of sp³-hybridized carbons (Fsp3) is 0.273. The van der Waals surface area contributed by atoms with E-state index in [2.05, 4.69) is 28.6 Å². The minimum absolute atomic E-state index is 0.0994. The maximum atomic E-state index is 11.1. The smallest absolute Gasteiger partial charge is 0.269 e. The molecule has 4 rings (SSSR count). The molecule has 2 heterocycles. The molecule has 0 bridgehead atoms. The molecule has 0 radical (unpaired) electrons. The van der Waals surface area contributed by atoms with Crippen LogP contribution in [-0.4, -0.2) is 36.8 Å². The van der Waals surface area contributed by atoms with E-state index >= 15 is 0 Å². The number of fused-ring (bicyclic) bond motifs is 1. The lowest BCUT2D eigenvalue weighted by molar-refractivity contribution is -0.384. The standard InChI is InChI=1S/C22H23N3O4/c1-28-20-9-8-16(12-21(20)29-2)19-14-24(22-18(19)7-4-10-23-22)13-15-5-3-6-17(11-15)25(26)27/h3-9,11-12,14,18,22-23H,10,13H2,1-2H3. The molecule has 2 aromatic carbocycles. The Morgan fingerprint density at radius 1 is 1.17 bits per heavy atom. The maximum Gasteiger partial charge on any atom is 0.269 e. The third-order valence-electron chi connectivity index (χ3n) is 5.35. The van der Waals surface area contributed by atoms with E-state index in [1.807, 2.05) is 24.3 Å². The molecule has 0 amide bonds. The number of nitrogens with zero attached hydrogens (tertiary/aromatic N) is 2. The Hall–Kier alpha value is -3.32.